The number of aromatic amines is 1. The number of ether oxygens (including phenoxy) is 1. The van der Waals surface area contributed by atoms with E-state index in [1.165, 1.54) is 0 Å². The van der Waals surface area contributed by atoms with Gasteiger partial charge in [0.1, 0.15) is 0 Å². The summed E-state index contributed by atoms with van der Waals surface area (Å²) in [6.07, 6.45) is 3.40. The van der Waals surface area contributed by atoms with E-state index in [9.17, 15) is 13.2 Å². The van der Waals surface area contributed by atoms with Crippen molar-refractivity contribution in [3.05, 3.63) is 59.8 Å². The summed E-state index contributed by atoms with van der Waals surface area (Å²) in [7, 11) is -1.69. The van der Waals surface area contributed by atoms with Gasteiger partial charge < -0.3 is 20.8 Å². The maximum atomic E-state index is 12.7. The number of piperidine rings is 1. The lowest BCUT2D eigenvalue weighted by molar-refractivity contribution is 0.100. The zero-order chi connectivity index (χ0) is 24.1. The van der Waals surface area contributed by atoms with Gasteiger partial charge in [-0.2, -0.15) is 0 Å². The van der Waals surface area contributed by atoms with Crippen LogP contribution in [0.1, 0.15) is 34.7 Å². The van der Waals surface area contributed by atoms with Crippen LogP contribution in [-0.4, -0.2) is 69.3 Å². The fourth-order valence-corrected chi connectivity index (χ4v) is 6.08. The number of hydrogen-bond acceptors (Lipinski definition) is 5. The first kappa shape index (κ1) is 24.4. The molecule has 9 heteroatoms. The number of rotatable bonds is 10. The van der Waals surface area contributed by atoms with Gasteiger partial charge in [-0.25, -0.2) is 12.7 Å². The van der Waals surface area contributed by atoms with Gasteiger partial charge in [0.25, 0.3) is 5.91 Å². The Labute approximate surface area is 200 Å². The zero-order valence-electron chi connectivity index (χ0n) is 19.4. The largest absolute Gasteiger partial charge is 0.383 e. The number of amides is 1. The standard InChI is InChI=1S/C25H32N4O4S/c1-33-13-9-27-10-14-34(31,32)29-11-7-19(8-12-29)23-17-28-24-21(23)15-20(16-22(24)25(26)30)18-5-3-2-4-6-18/h2-6,15-17,19,27-28H,7-14H2,1H3,(H2,26,30). The summed E-state index contributed by atoms with van der Waals surface area (Å²) in [6, 6.07) is 13.8. The molecule has 4 N–H and O–H groups in total. The number of nitrogens with two attached hydrogens (primary N) is 1. The van der Waals surface area contributed by atoms with E-state index in [1.807, 2.05) is 42.6 Å². The van der Waals surface area contributed by atoms with E-state index in [0.29, 0.717) is 38.3 Å². The average Bonchev–Trinajstić information content (AvgIpc) is 3.28. The van der Waals surface area contributed by atoms with Crippen LogP contribution in [0.5, 0.6) is 0 Å². The Hall–Kier alpha value is -2.72. The Kier molecular flexibility index (Phi) is 7.67. The molecule has 0 radical (unpaired) electrons. The van der Waals surface area contributed by atoms with Crippen molar-refractivity contribution in [1.82, 2.24) is 14.6 Å². The molecule has 1 saturated heterocycles. The SMILES string of the molecule is COCCNCCS(=O)(=O)N1CCC(c2c[nH]c3c(C(N)=O)cc(-c4ccccc4)cc23)CC1. The van der Waals surface area contributed by atoms with Gasteiger partial charge in [-0.1, -0.05) is 30.3 Å². The summed E-state index contributed by atoms with van der Waals surface area (Å²) in [4.78, 5) is 15.4. The summed E-state index contributed by atoms with van der Waals surface area (Å²) in [5.74, 6) is -0.195. The molecule has 1 fully saturated rings. The molecule has 0 spiro atoms. The van der Waals surface area contributed by atoms with Crippen LogP contribution >= 0.6 is 0 Å². The first-order chi connectivity index (χ1) is 16.4. The van der Waals surface area contributed by atoms with Crippen molar-refractivity contribution < 1.29 is 17.9 Å². The Morgan fingerprint density at radius 2 is 1.88 bits per heavy atom. The molecule has 2 heterocycles. The van der Waals surface area contributed by atoms with Gasteiger partial charge >= 0.3 is 0 Å². The van der Waals surface area contributed by atoms with E-state index < -0.39 is 15.9 Å². The average molecular weight is 485 g/mol. The number of methoxy groups -OCH3 is 1. The molecular formula is C25H32N4O4S. The quantitative estimate of drug-likeness (QED) is 0.383. The van der Waals surface area contributed by atoms with Crippen LogP contribution in [0.2, 0.25) is 0 Å². The maximum absolute atomic E-state index is 12.7. The molecule has 1 aliphatic heterocycles. The fourth-order valence-electron chi connectivity index (χ4n) is 4.66. The molecule has 34 heavy (non-hydrogen) atoms. The summed E-state index contributed by atoms with van der Waals surface area (Å²) >= 11 is 0. The minimum atomic E-state index is -3.30. The number of fused-ring (bicyclic) bond motifs is 1. The number of nitrogens with one attached hydrogen (secondary N) is 2. The summed E-state index contributed by atoms with van der Waals surface area (Å²) in [5, 5.41) is 4.06. The molecular weight excluding hydrogens is 452 g/mol. The molecule has 3 aromatic rings. The fraction of sp³-hybridized carbons (Fsp3) is 0.400. The van der Waals surface area contributed by atoms with E-state index in [2.05, 4.69) is 16.4 Å². The molecule has 0 unspecified atom stereocenters. The first-order valence-corrected chi connectivity index (χ1v) is 13.2. The second-order valence-corrected chi connectivity index (χ2v) is 10.7. The molecule has 0 atom stereocenters. The van der Waals surface area contributed by atoms with Crippen molar-refractivity contribution in [2.75, 3.05) is 45.6 Å². The van der Waals surface area contributed by atoms with Crippen molar-refractivity contribution in [3.63, 3.8) is 0 Å². The van der Waals surface area contributed by atoms with Crippen LogP contribution in [0.25, 0.3) is 22.0 Å². The van der Waals surface area contributed by atoms with Crippen molar-refractivity contribution in [2.45, 2.75) is 18.8 Å². The number of primary amides is 1. The zero-order valence-corrected chi connectivity index (χ0v) is 20.2. The molecule has 1 amide bonds. The van der Waals surface area contributed by atoms with Crippen LogP contribution < -0.4 is 11.1 Å². The number of carbonyl (C=O) groups excluding carboxylic acids is 1. The second-order valence-electron chi connectivity index (χ2n) is 8.65. The van der Waals surface area contributed by atoms with Gasteiger partial charge in [0.2, 0.25) is 10.0 Å². The number of sulfonamides is 1. The van der Waals surface area contributed by atoms with Crippen LogP contribution in [0.15, 0.2) is 48.7 Å². The Morgan fingerprint density at radius 1 is 1.15 bits per heavy atom. The van der Waals surface area contributed by atoms with Crippen molar-refractivity contribution in [2.24, 2.45) is 5.73 Å². The monoisotopic (exact) mass is 484 g/mol. The molecule has 2 aromatic carbocycles. The lowest BCUT2D eigenvalue weighted by atomic mass is 9.88. The Morgan fingerprint density at radius 3 is 2.56 bits per heavy atom. The Bertz CT molecular complexity index is 1230. The third-order valence-electron chi connectivity index (χ3n) is 6.50. The van der Waals surface area contributed by atoms with Crippen molar-refractivity contribution in [1.29, 1.82) is 0 Å². The number of benzene rings is 2. The van der Waals surface area contributed by atoms with E-state index in [4.69, 9.17) is 10.5 Å². The van der Waals surface area contributed by atoms with Crippen molar-refractivity contribution >= 4 is 26.8 Å². The second kappa shape index (κ2) is 10.7. The highest BCUT2D eigenvalue weighted by Crippen LogP contribution is 2.37. The minimum Gasteiger partial charge on any atom is -0.383 e. The van der Waals surface area contributed by atoms with E-state index >= 15 is 0 Å². The van der Waals surface area contributed by atoms with Gasteiger partial charge in [-0.3, -0.25) is 4.79 Å². The van der Waals surface area contributed by atoms with E-state index in [1.54, 1.807) is 11.4 Å². The molecule has 8 nitrogen and oxygen atoms in total. The van der Waals surface area contributed by atoms with Gasteiger partial charge in [-0.15, -0.1) is 0 Å². The lowest BCUT2D eigenvalue weighted by Crippen LogP contribution is -2.41. The van der Waals surface area contributed by atoms with E-state index in [-0.39, 0.29) is 11.7 Å². The number of H-pyrrole nitrogens is 1. The highest BCUT2D eigenvalue weighted by molar-refractivity contribution is 7.89. The smallest absolute Gasteiger partial charge is 0.250 e. The van der Waals surface area contributed by atoms with Gasteiger partial charge in [0, 0.05) is 44.9 Å². The third-order valence-corrected chi connectivity index (χ3v) is 8.37. The maximum Gasteiger partial charge on any atom is 0.250 e. The van der Waals surface area contributed by atoms with Crippen LogP contribution in [0, 0.1) is 0 Å². The van der Waals surface area contributed by atoms with E-state index in [0.717, 1.165) is 40.4 Å². The normalized spacial score (nSPS) is 15.7. The molecule has 182 valence electrons. The Balaban J connectivity index is 1.52. The predicted octanol–water partition coefficient (Wildman–Crippen LogP) is 2.68. The summed E-state index contributed by atoms with van der Waals surface area (Å²) in [5.41, 5.74) is 9.95. The first-order valence-electron chi connectivity index (χ1n) is 11.6. The molecule has 4 rings (SSSR count). The molecule has 0 bridgehead atoms. The van der Waals surface area contributed by atoms with Crippen LogP contribution in [0.3, 0.4) is 0 Å². The van der Waals surface area contributed by atoms with Crippen LogP contribution in [-0.2, 0) is 14.8 Å². The highest BCUT2D eigenvalue weighted by atomic mass is 32.2. The van der Waals surface area contributed by atoms with Crippen molar-refractivity contribution in [3.8, 4) is 11.1 Å². The highest BCUT2D eigenvalue weighted by Gasteiger charge is 2.30. The number of carbonyl (C=O) groups is 1. The molecule has 0 saturated carbocycles. The molecule has 1 aliphatic rings. The predicted molar refractivity (Wildman–Crippen MR) is 134 cm³/mol. The van der Waals surface area contributed by atoms with Crippen LogP contribution in [0.4, 0.5) is 0 Å². The topological polar surface area (TPSA) is 118 Å². The molecule has 1 aromatic heterocycles. The summed E-state index contributed by atoms with van der Waals surface area (Å²) < 4.78 is 32.1. The third kappa shape index (κ3) is 5.33. The summed E-state index contributed by atoms with van der Waals surface area (Å²) in [6.45, 7) is 2.57. The number of hydrogen-bond donors (Lipinski definition) is 3. The minimum absolute atomic E-state index is 0.0802. The molecule has 0 aliphatic carbocycles. The van der Waals surface area contributed by atoms with Gasteiger partial charge in [0.15, 0.2) is 0 Å². The van der Waals surface area contributed by atoms with Gasteiger partial charge in [0.05, 0.1) is 23.4 Å². The lowest BCUT2D eigenvalue weighted by Gasteiger charge is -2.31. The van der Waals surface area contributed by atoms with Gasteiger partial charge in [-0.05, 0) is 47.6 Å². The number of aromatic nitrogens is 1. The number of nitrogens with zero attached hydrogens (tertiary/aromatic N) is 1.